The first-order chi connectivity index (χ1) is 10.2. The van der Waals surface area contributed by atoms with Crippen molar-refractivity contribution >= 4 is 17.3 Å². The van der Waals surface area contributed by atoms with Gasteiger partial charge in [-0.3, -0.25) is 4.79 Å². The molecule has 21 heavy (non-hydrogen) atoms. The van der Waals surface area contributed by atoms with Crippen LogP contribution in [0.1, 0.15) is 19.3 Å². The molecule has 114 valence electrons. The second-order valence-corrected chi connectivity index (χ2v) is 5.48. The van der Waals surface area contributed by atoms with Crippen LogP contribution in [0.4, 0.5) is 11.4 Å². The molecule has 6 nitrogen and oxygen atoms in total. The molecule has 2 heterocycles. The van der Waals surface area contributed by atoms with Crippen molar-refractivity contribution in [3.8, 4) is 11.5 Å². The van der Waals surface area contributed by atoms with E-state index in [0.717, 1.165) is 13.0 Å². The lowest BCUT2D eigenvalue weighted by Crippen LogP contribution is -2.26. The van der Waals surface area contributed by atoms with E-state index in [4.69, 9.17) is 15.2 Å². The molecular weight excluding hydrogens is 270 g/mol. The van der Waals surface area contributed by atoms with Crippen LogP contribution in [0, 0.1) is 0 Å². The fraction of sp³-hybridized carbons (Fsp3) is 0.533. The summed E-state index contributed by atoms with van der Waals surface area (Å²) in [7, 11) is 0. The second kappa shape index (κ2) is 6.22. The van der Waals surface area contributed by atoms with Gasteiger partial charge in [0.15, 0.2) is 18.1 Å². The highest BCUT2D eigenvalue weighted by molar-refractivity contribution is 5.96. The molecule has 2 aliphatic heterocycles. The van der Waals surface area contributed by atoms with E-state index in [0.29, 0.717) is 29.5 Å². The number of nitrogens with zero attached hydrogens (tertiary/aromatic N) is 1. The van der Waals surface area contributed by atoms with Crippen molar-refractivity contribution in [2.75, 3.05) is 43.9 Å². The highest BCUT2D eigenvalue weighted by Crippen LogP contribution is 2.39. The van der Waals surface area contributed by atoms with E-state index < -0.39 is 0 Å². The molecular formula is C15H21N3O3. The van der Waals surface area contributed by atoms with Crippen LogP contribution >= 0.6 is 0 Å². The van der Waals surface area contributed by atoms with Gasteiger partial charge in [-0.05, 0) is 38.4 Å². The average molecular weight is 291 g/mol. The number of likely N-dealkylation sites (tertiary alicyclic amines) is 1. The lowest BCUT2D eigenvalue weighted by Gasteiger charge is -2.21. The van der Waals surface area contributed by atoms with Crippen LogP contribution in [0.3, 0.4) is 0 Å². The first-order valence-electron chi connectivity index (χ1n) is 7.44. The molecule has 0 aliphatic carbocycles. The van der Waals surface area contributed by atoms with Gasteiger partial charge >= 0.3 is 0 Å². The van der Waals surface area contributed by atoms with E-state index in [2.05, 4.69) is 10.2 Å². The molecule has 0 saturated carbocycles. The Morgan fingerprint density at radius 2 is 2.14 bits per heavy atom. The largest absolute Gasteiger partial charge is 0.489 e. The fourth-order valence-electron chi connectivity index (χ4n) is 2.77. The van der Waals surface area contributed by atoms with Gasteiger partial charge in [-0.2, -0.15) is 0 Å². The van der Waals surface area contributed by atoms with Gasteiger partial charge in [0.2, 0.25) is 0 Å². The number of nitrogens with two attached hydrogens (primary N) is 1. The van der Waals surface area contributed by atoms with Crippen molar-refractivity contribution < 1.29 is 14.3 Å². The minimum Gasteiger partial charge on any atom is -0.489 e. The topological polar surface area (TPSA) is 76.8 Å². The summed E-state index contributed by atoms with van der Waals surface area (Å²) in [5.74, 6) is 1.00. The summed E-state index contributed by atoms with van der Waals surface area (Å²) in [6.07, 6.45) is 3.57. The van der Waals surface area contributed by atoms with E-state index in [9.17, 15) is 4.79 Å². The Bertz CT molecular complexity index is 527. The lowest BCUT2D eigenvalue weighted by atomic mass is 10.2. The molecule has 2 aliphatic rings. The Morgan fingerprint density at radius 1 is 1.33 bits per heavy atom. The summed E-state index contributed by atoms with van der Waals surface area (Å²) >= 11 is 0. The summed E-state index contributed by atoms with van der Waals surface area (Å²) in [6, 6.07) is 3.43. The Morgan fingerprint density at radius 3 is 2.95 bits per heavy atom. The number of ether oxygens (including phenoxy) is 2. The van der Waals surface area contributed by atoms with Crippen LogP contribution < -0.4 is 20.5 Å². The zero-order valence-corrected chi connectivity index (χ0v) is 12.1. The molecule has 0 spiro atoms. The predicted molar refractivity (Wildman–Crippen MR) is 80.8 cm³/mol. The zero-order chi connectivity index (χ0) is 14.7. The number of rotatable bonds is 5. The van der Waals surface area contributed by atoms with Crippen LogP contribution in [-0.4, -0.2) is 43.7 Å². The van der Waals surface area contributed by atoms with E-state index in [1.807, 2.05) is 0 Å². The van der Waals surface area contributed by atoms with Gasteiger partial charge in [0.05, 0.1) is 12.3 Å². The van der Waals surface area contributed by atoms with Crippen LogP contribution in [0.25, 0.3) is 0 Å². The summed E-state index contributed by atoms with van der Waals surface area (Å²) < 4.78 is 11.2. The summed E-state index contributed by atoms with van der Waals surface area (Å²) in [4.78, 5) is 13.8. The van der Waals surface area contributed by atoms with Crippen molar-refractivity contribution in [1.82, 2.24) is 4.90 Å². The van der Waals surface area contributed by atoms with Gasteiger partial charge in [0.25, 0.3) is 5.91 Å². The van der Waals surface area contributed by atoms with E-state index in [1.165, 1.54) is 25.9 Å². The molecule has 0 aromatic heterocycles. The third kappa shape index (κ3) is 3.39. The van der Waals surface area contributed by atoms with Crippen LogP contribution in [0.2, 0.25) is 0 Å². The molecule has 0 radical (unpaired) electrons. The maximum absolute atomic E-state index is 11.3. The molecule has 0 bridgehead atoms. The molecule has 3 rings (SSSR count). The minimum atomic E-state index is -0.173. The number of carbonyl (C=O) groups is 1. The Kier molecular flexibility index (Phi) is 4.15. The average Bonchev–Trinajstić information content (AvgIpc) is 2.96. The molecule has 1 amide bonds. The van der Waals surface area contributed by atoms with Crippen molar-refractivity contribution in [2.24, 2.45) is 0 Å². The van der Waals surface area contributed by atoms with E-state index >= 15 is 0 Å². The normalized spacial score (nSPS) is 18.0. The fourth-order valence-corrected chi connectivity index (χ4v) is 2.77. The number of amides is 1. The first kappa shape index (κ1) is 14.0. The number of fused-ring (bicyclic) bond motifs is 1. The number of anilines is 2. The number of carbonyl (C=O) groups excluding carboxylic acids is 1. The maximum atomic E-state index is 11.3. The quantitative estimate of drug-likeness (QED) is 0.634. The Hall–Kier alpha value is -1.95. The SMILES string of the molecule is Nc1cc2c(c(OCCCN3CCCC3)c1)OCC(=O)N2. The zero-order valence-electron chi connectivity index (χ0n) is 12.1. The molecule has 1 aromatic carbocycles. The number of hydrogen-bond donors (Lipinski definition) is 2. The third-order valence-electron chi connectivity index (χ3n) is 3.77. The number of hydrogen-bond acceptors (Lipinski definition) is 5. The number of nitrogens with one attached hydrogen (secondary N) is 1. The Labute approximate surface area is 124 Å². The monoisotopic (exact) mass is 291 g/mol. The third-order valence-corrected chi connectivity index (χ3v) is 3.77. The van der Waals surface area contributed by atoms with Crippen LogP contribution in [0.5, 0.6) is 11.5 Å². The van der Waals surface area contributed by atoms with E-state index in [1.54, 1.807) is 12.1 Å². The van der Waals surface area contributed by atoms with Gasteiger partial charge in [-0.15, -0.1) is 0 Å². The second-order valence-electron chi connectivity index (χ2n) is 5.48. The van der Waals surface area contributed by atoms with Gasteiger partial charge in [0.1, 0.15) is 0 Å². The van der Waals surface area contributed by atoms with Crippen molar-refractivity contribution in [3.63, 3.8) is 0 Å². The summed E-state index contributed by atoms with van der Waals surface area (Å²) in [5, 5.41) is 2.74. The molecule has 0 atom stereocenters. The number of nitrogen functional groups attached to an aromatic ring is 1. The molecule has 0 unspecified atom stereocenters. The van der Waals surface area contributed by atoms with Crippen molar-refractivity contribution in [2.45, 2.75) is 19.3 Å². The maximum Gasteiger partial charge on any atom is 0.262 e. The van der Waals surface area contributed by atoms with Crippen LogP contribution in [0.15, 0.2) is 12.1 Å². The van der Waals surface area contributed by atoms with Crippen molar-refractivity contribution in [1.29, 1.82) is 0 Å². The van der Waals surface area contributed by atoms with E-state index in [-0.39, 0.29) is 12.5 Å². The summed E-state index contributed by atoms with van der Waals surface area (Å²) in [5.41, 5.74) is 6.97. The predicted octanol–water partition coefficient (Wildman–Crippen LogP) is 1.46. The number of benzene rings is 1. The smallest absolute Gasteiger partial charge is 0.262 e. The Balaban J connectivity index is 1.58. The molecule has 3 N–H and O–H groups in total. The minimum absolute atomic E-state index is 0.0149. The molecule has 6 heteroatoms. The molecule has 1 aromatic rings. The van der Waals surface area contributed by atoms with Gasteiger partial charge < -0.3 is 25.4 Å². The lowest BCUT2D eigenvalue weighted by molar-refractivity contribution is -0.118. The standard InChI is InChI=1S/C15H21N3O3/c16-11-8-12-15(21-10-14(19)17-12)13(9-11)20-7-3-6-18-4-1-2-5-18/h8-9H,1-7,10,16H2,(H,17,19). The van der Waals surface area contributed by atoms with Gasteiger partial charge in [0, 0.05) is 18.3 Å². The van der Waals surface area contributed by atoms with Gasteiger partial charge in [-0.1, -0.05) is 0 Å². The van der Waals surface area contributed by atoms with Crippen LogP contribution in [-0.2, 0) is 4.79 Å². The molecule has 1 fully saturated rings. The summed E-state index contributed by atoms with van der Waals surface area (Å²) in [6.45, 7) is 4.08. The van der Waals surface area contributed by atoms with Crippen molar-refractivity contribution in [3.05, 3.63) is 12.1 Å². The highest BCUT2D eigenvalue weighted by Gasteiger charge is 2.21. The van der Waals surface area contributed by atoms with Gasteiger partial charge in [-0.25, -0.2) is 0 Å². The highest BCUT2D eigenvalue weighted by atomic mass is 16.5. The molecule has 1 saturated heterocycles. The first-order valence-corrected chi connectivity index (χ1v) is 7.44.